The van der Waals surface area contributed by atoms with Gasteiger partial charge in [0.1, 0.15) is 0 Å². The summed E-state index contributed by atoms with van der Waals surface area (Å²) >= 11 is 0. The Morgan fingerprint density at radius 3 is 2.73 bits per heavy atom. The molecule has 1 aliphatic heterocycles. The second-order valence-electron chi connectivity index (χ2n) is 4.35. The van der Waals surface area contributed by atoms with Crippen molar-refractivity contribution in [3.05, 3.63) is 0 Å². The van der Waals surface area contributed by atoms with Crippen LogP contribution in [0.1, 0.15) is 33.6 Å². The highest BCUT2D eigenvalue weighted by Crippen LogP contribution is 2.23. The van der Waals surface area contributed by atoms with E-state index in [1.54, 1.807) is 7.11 Å². The number of amides is 1. The Labute approximate surface area is 92.0 Å². The first-order valence-corrected chi connectivity index (χ1v) is 5.63. The van der Waals surface area contributed by atoms with Crippen molar-refractivity contribution in [2.24, 2.45) is 0 Å². The first-order valence-electron chi connectivity index (χ1n) is 5.63. The lowest BCUT2D eigenvalue weighted by atomic mass is 9.99. The summed E-state index contributed by atoms with van der Waals surface area (Å²) in [7, 11) is 1.68. The zero-order valence-corrected chi connectivity index (χ0v) is 10.2. The highest BCUT2D eigenvalue weighted by atomic mass is 16.5. The molecule has 2 unspecified atom stereocenters. The van der Waals surface area contributed by atoms with Crippen molar-refractivity contribution >= 4 is 5.91 Å². The van der Waals surface area contributed by atoms with Crippen molar-refractivity contribution in [3.63, 3.8) is 0 Å². The van der Waals surface area contributed by atoms with Crippen LogP contribution in [0.2, 0.25) is 0 Å². The zero-order chi connectivity index (χ0) is 11.5. The highest BCUT2D eigenvalue weighted by Gasteiger charge is 2.44. The van der Waals surface area contributed by atoms with Crippen LogP contribution in [0.5, 0.6) is 0 Å². The lowest BCUT2D eigenvalue weighted by Crippen LogP contribution is -2.43. The van der Waals surface area contributed by atoms with Gasteiger partial charge in [-0.05, 0) is 26.7 Å². The molecule has 15 heavy (non-hydrogen) atoms. The molecule has 4 nitrogen and oxygen atoms in total. The predicted molar refractivity (Wildman–Crippen MR) is 59.5 cm³/mol. The Kier molecular flexibility index (Phi) is 4.11. The number of rotatable bonds is 5. The van der Waals surface area contributed by atoms with E-state index >= 15 is 0 Å². The molecule has 1 rings (SSSR count). The van der Waals surface area contributed by atoms with Crippen molar-refractivity contribution in [3.8, 4) is 0 Å². The monoisotopic (exact) mass is 214 g/mol. The first-order chi connectivity index (χ1) is 7.05. The normalized spacial score (nSPS) is 31.3. The fourth-order valence-electron chi connectivity index (χ4n) is 2.02. The smallest absolute Gasteiger partial charge is 0.243 e. The SMILES string of the molecule is CCC1(C)NC(C)N(CCCOC)C1=O. The van der Waals surface area contributed by atoms with E-state index in [1.165, 1.54) is 0 Å². The third-order valence-electron chi connectivity index (χ3n) is 3.18. The molecule has 0 aromatic carbocycles. The van der Waals surface area contributed by atoms with Crippen LogP contribution in [0.4, 0.5) is 0 Å². The summed E-state index contributed by atoms with van der Waals surface area (Å²) in [5.74, 6) is 0.216. The van der Waals surface area contributed by atoms with E-state index in [2.05, 4.69) is 5.32 Å². The zero-order valence-electron chi connectivity index (χ0n) is 10.2. The molecule has 4 heteroatoms. The highest BCUT2D eigenvalue weighted by molar-refractivity contribution is 5.88. The number of hydrogen-bond donors (Lipinski definition) is 1. The Morgan fingerprint density at radius 2 is 2.27 bits per heavy atom. The van der Waals surface area contributed by atoms with Gasteiger partial charge in [0.15, 0.2) is 0 Å². The maximum atomic E-state index is 12.1. The molecular formula is C11H22N2O2. The number of carbonyl (C=O) groups excluding carboxylic acids is 1. The third-order valence-corrected chi connectivity index (χ3v) is 3.18. The van der Waals surface area contributed by atoms with Crippen LogP contribution in [0.3, 0.4) is 0 Å². The van der Waals surface area contributed by atoms with Crippen molar-refractivity contribution < 1.29 is 9.53 Å². The summed E-state index contributed by atoms with van der Waals surface area (Å²) < 4.78 is 4.99. The molecular weight excluding hydrogens is 192 g/mol. The van der Waals surface area contributed by atoms with Gasteiger partial charge in [0.25, 0.3) is 0 Å². The molecule has 1 fully saturated rings. The van der Waals surface area contributed by atoms with Crippen LogP contribution < -0.4 is 5.32 Å². The molecule has 88 valence electrons. The molecule has 1 amide bonds. The van der Waals surface area contributed by atoms with Crippen molar-refractivity contribution in [1.29, 1.82) is 0 Å². The predicted octanol–water partition coefficient (Wildman–Crippen LogP) is 0.969. The maximum Gasteiger partial charge on any atom is 0.243 e. The van der Waals surface area contributed by atoms with E-state index in [-0.39, 0.29) is 17.6 Å². The number of methoxy groups -OCH3 is 1. The van der Waals surface area contributed by atoms with E-state index in [4.69, 9.17) is 4.74 Å². The van der Waals surface area contributed by atoms with Crippen LogP contribution in [0.25, 0.3) is 0 Å². The maximum absolute atomic E-state index is 12.1. The van der Waals surface area contributed by atoms with Gasteiger partial charge in [0, 0.05) is 20.3 Å². The minimum absolute atomic E-state index is 0.138. The number of nitrogens with zero attached hydrogens (tertiary/aromatic N) is 1. The van der Waals surface area contributed by atoms with Gasteiger partial charge >= 0.3 is 0 Å². The largest absolute Gasteiger partial charge is 0.385 e. The summed E-state index contributed by atoms with van der Waals surface area (Å²) in [6.07, 6.45) is 1.87. The van der Waals surface area contributed by atoms with Gasteiger partial charge in [-0.25, -0.2) is 0 Å². The van der Waals surface area contributed by atoms with Gasteiger partial charge in [-0.2, -0.15) is 0 Å². The van der Waals surface area contributed by atoms with E-state index in [0.29, 0.717) is 6.61 Å². The molecule has 1 aliphatic rings. The molecule has 2 atom stereocenters. The second-order valence-corrected chi connectivity index (χ2v) is 4.35. The van der Waals surface area contributed by atoms with Crippen molar-refractivity contribution in [2.75, 3.05) is 20.3 Å². The molecule has 0 saturated carbocycles. The lowest BCUT2D eigenvalue weighted by molar-refractivity contribution is -0.132. The Morgan fingerprint density at radius 1 is 1.60 bits per heavy atom. The number of nitrogens with one attached hydrogen (secondary N) is 1. The van der Waals surface area contributed by atoms with Gasteiger partial charge in [-0.1, -0.05) is 6.92 Å². The Balaban J connectivity index is 2.55. The summed E-state index contributed by atoms with van der Waals surface area (Å²) in [6, 6.07) is 0. The molecule has 0 radical (unpaired) electrons. The van der Waals surface area contributed by atoms with Crippen molar-refractivity contribution in [1.82, 2.24) is 10.2 Å². The average molecular weight is 214 g/mol. The summed E-state index contributed by atoms with van der Waals surface area (Å²) in [4.78, 5) is 14.0. The van der Waals surface area contributed by atoms with Gasteiger partial charge < -0.3 is 9.64 Å². The molecule has 1 N–H and O–H groups in total. The fraction of sp³-hybridized carbons (Fsp3) is 0.909. The quantitative estimate of drug-likeness (QED) is 0.693. The van der Waals surface area contributed by atoms with Gasteiger partial charge in [-0.3, -0.25) is 10.1 Å². The van der Waals surface area contributed by atoms with Crippen LogP contribution in [0, 0.1) is 0 Å². The van der Waals surface area contributed by atoms with Gasteiger partial charge in [0.05, 0.1) is 11.7 Å². The number of carbonyl (C=O) groups is 1. The van der Waals surface area contributed by atoms with E-state index < -0.39 is 0 Å². The van der Waals surface area contributed by atoms with Crippen molar-refractivity contribution in [2.45, 2.75) is 45.3 Å². The van der Waals surface area contributed by atoms with E-state index in [9.17, 15) is 4.79 Å². The Bertz CT molecular complexity index is 233. The molecule has 0 aromatic rings. The molecule has 0 bridgehead atoms. The standard InChI is InChI=1S/C11H22N2O2/c1-5-11(3)10(14)13(9(2)12-11)7-6-8-15-4/h9,12H,5-8H2,1-4H3. The van der Waals surface area contributed by atoms with E-state index in [1.807, 2.05) is 25.7 Å². The van der Waals surface area contributed by atoms with Gasteiger partial charge in [0.2, 0.25) is 5.91 Å². The van der Waals surface area contributed by atoms with Crippen LogP contribution >= 0.6 is 0 Å². The van der Waals surface area contributed by atoms with Crippen LogP contribution in [0.15, 0.2) is 0 Å². The average Bonchev–Trinajstić information content (AvgIpc) is 2.42. The summed E-state index contributed by atoms with van der Waals surface area (Å²) in [5, 5.41) is 3.34. The molecule has 1 heterocycles. The third kappa shape index (κ3) is 2.49. The Hall–Kier alpha value is -0.610. The van der Waals surface area contributed by atoms with Crippen LogP contribution in [-0.2, 0) is 9.53 Å². The fourth-order valence-corrected chi connectivity index (χ4v) is 2.02. The minimum atomic E-state index is -0.369. The molecule has 0 spiro atoms. The first kappa shape index (κ1) is 12.5. The van der Waals surface area contributed by atoms with Gasteiger partial charge in [-0.15, -0.1) is 0 Å². The van der Waals surface area contributed by atoms with E-state index in [0.717, 1.165) is 19.4 Å². The number of hydrogen-bond acceptors (Lipinski definition) is 3. The topological polar surface area (TPSA) is 41.6 Å². The minimum Gasteiger partial charge on any atom is -0.385 e. The lowest BCUT2D eigenvalue weighted by Gasteiger charge is -2.21. The molecule has 0 aromatic heterocycles. The summed E-state index contributed by atoms with van der Waals surface area (Å²) in [6.45, 7) is 7.53. The molecule has 0 aliphatic carbocycles. The number of ether oxygens (including phenoxy) is 1. The summed E-state index contributed by atoms with van der Waals surface area (Å²) in [5.41, 5.74) is -0.369. The van der Waals surface area contributed by atoms with Crippen LogP contribution in [-0.4, -0.2) is 42.8 Å². The second kappa shape index (κ2) is 4.94. The molecule has 1 saturated heterocycles.